The van der Waals surface area contributed by atoms with Gasteiger partial charge in [-0.25, -0.2) is 19.4 Å². The second-order valence-corrected chi connectivity index (χ2v) is 9.57. The SMILES string of the molecule is Fc1ccc(OCC2CCCN(N3CCC(c4ccnc5cnc6[nH]ccc6c45)CC3)C2)cc1. The van der Waals surface area contributed by atoms with Gasteiger partial charge in [0.2, 0.25) is 0 Å². The highest BCUT2D eigenvalue weighted by molar-refractivity contribution is 6.05. The predicted octanol–water partition coefficient (Wildman–Crippen LogP) is 5.14. The molecule has 7 heteroatoms. The molecule has 1 aromatic carbocycles. The van der Waals surface area contributed by atoms with E-state index in [2.05, 4.69) is 37.1 Å². The smallest absolute Gasteiger partial charge is 0.137 e. The molecule has 34 heavy (non-hydrogen) atoms. The average molecular weight is 460 g/mol. The predicted molar refractivity (Wildman–Crippen MR) is 131 cm³/mol. The first kappa shape index (κ1) is 21.5. The van der Waals surface area contributed by atoms with E-state index in [-0.39, 0.29) is 5.82 Å². The number of piperidine rings is 2. The average Bonchev–Trinajstić information content (AvgIpc) is 3.38. The van der Waals surface area contributed by atoms with Gasteiger partial charge < -0.3 is 9.72 Å². The number of nitrogens with zero attached hydrogens (tertiary/aromatic N) is 4. The Kier molecular flexibility index (Phi) is 5.89. The Balaban J connectivity index is 1.10. The zero-order chi connectivity index (χ0) is 22.9. The fourth-order valence-electron chi connectivity index (χ4n) is 5.66. The highest BCUT2D eigenvalue weighted by Crippen LogP contribution is 2.36. The number of aromatic amines is 1. The van der Waals surface area contributed by atoms with Crippen molar-refractivity contribution < 1.29 is 9.13 Å². The van der Waals surface area contributed by atoms with E-state index in [1.54, 1.807) is 12.1 Å². The van der Waals surface area contributed by atoms with E-state index >= 15 is 0 Å². The highest BCUT2D eigenvalue weighted by atomic mass is 19.1. The van der Waals surface area contributed by atoms with Crippen LogP contribution in [0, 0.1) is 11.7 Å². The maximum absolute atomic E-state index is 13.1. The van der Waals surface area contributed by atoms with Crippen molar-refractivity contribution in [1.29, 1.82) is 0 Å². The van der Waals surface area contributed by atoms with Gasteiger partial charge in [-0.1, -0.05) is 0 Å². The molecule has 6 rings (SSSR count). The number of aromatic nitrogens is 3. The molecule has 0 amide bonds. The van der Waals surface area contributed by atoms with Gasteiger partial charge in [0.1, 0.15) is 17.2 Å². The number of benzene rings is 1. The molecule has 2 saturated heterocycles. The van der Waals surface area contributed by atoms with E-state index in [1.807, 2.05) is 18.6 Å². The van der Waals surface area contributed by atoms with Crippen LogP contribution in [-0.2, 0) is 0 Å². The highest BCUT2D eigenvalue weighted by Gasteiger charge is 2.29. The van der Waals surface area contributed by atoms with Crippen LogP contribution in [0.2, 0.25) is 0 Å². The molecule has 1 atom stereocenters. The summed E-state index contributed by atoms with van der Waals surface area (Å²) >= 11 is 0. The fourth-order valence-corrected chi connectivity index (χ4v) is 5.66. The summed E-state index contributed by atoms with van der Waals surface area (Å²) in [7, 11) is 0. The monoisotopic (exact) mass is 459 g/mol. The molecule has 5 heterocycles. The van der Waals surface area contributed by atoms with Gasteiger partial charge in [0.25, 0.3) is 0 Å². The molecule has 3 aromatic heterocycles. The van der Waals surface area contributed by atoms with Crippen molar-refractivity contribution >= 4 is 21.9 Å². The zero-order valence-corrected chi connectivity index (χ0v) is 19.3. The lowest BCUT2D eigenvalue weighted by atomic mass is 9.87. The van der Waals surface area contributed by atoms with Gasteiger partial charge in [0, 0.05) is 55.3 Å². The van der Waals surface area contributed by atoms with Crippen LogP contribution in [0.25, 0.3) is 21.9 Å². The van der Waals surface area contributed by atoms with Gasteiger partial charge in [0.05, 0.1) is 18.3 Å². The molecule has 1 unspecified atom stereocenters. The van der Waals surface area contributed by atoms with Crippen molar-refractivity contribution in [3.63, 3.8) is 0 Å². The Morgan fingerprint density at radius 3 is 2.68 bits per heavy atom. The lowest BCUT2D eigenvalue weighted by molar-refractivity contribution is -0.0737. The van der Waals surface area contributed by atoms with Crippen molar-refractivity contribution in [2.75, 3.05) is 32.8 Å². The summed E-state index contributed by atoms with van der Waals surface area (Å²) in [6.07, 6.45) is 10.4. The summed E-state index contributed by atoms with van der Waals surface area (Å²) in [6, 6.07) is 10.7. The first-order chi connectivity index (χ1) is 16.7. The van der Waals surface area contributed by atoms with Crippen LogP contribution in [0.4, 0.5) is 4.39 Å². The Bertz CT molecular complexity index is 1270. The molecule has 0 saturated carbocycles. The van der Waals surface area contributed by atoms with Crippen molar-refractivity contribution in [2.45, 2.75) is 31.6 Å². The molecule has 2 fully saturated rings. The number of fused-ring (bicyclic) bond motifs is 3. The molecule has 1 N–H and O–H groups in total. The molecule has 0 radical (unpaired) electrons. The number of H-pyrrole nitrogens is 1. The summed E-state index contributed by atoms with van der Waals surface area (Å²) in [5, 5.41) is 7.51. The number of halogens is 1. The summed E-state index contributed by atoms with van der Waals surface area (Å²) < 4.78 is 19.1. The molecule has 6 nitrogen and oxygen atoms in total. The van der Waals surface area contributed by atoms with Gasteiger partial charge in [-0.15, -0.1) is 0 Å². The summed E-state index contributed by atoms with van der Waals surface area (Å²) in [6.45, 7) is 4.97. The Hall–Kier alpha value is -3.03. The second-order valence-electron chi connectivity index (χ2n) is 9.57. The third kappa shape index (κ3) is 4.26. The topological polar surface area (TPSA) is 57.3 Å². The minimum atomic E-state index is -0.228. The summed E-state index contributed by atoms with van der Waals surface area (Å²) in [5.74, 6) is 1.55. The molecule has 2 aliphatic rings. The zero-order valence-electron chi connectivity index (χ0n) is 19.3. The van der Waals surface area contributed by atoms with Crippen molar-refractivity contribution in [1.82, 2.24) is 25.0 Å². The molecule has 4 aromatic rings. The Morgan fingerprint density at radius 1 is 0.971 bits per heavy atom. The summed E-state index contributed by atoms with van der Waals surface area (Å²) in [5.41, 5.74) is 3.31. The standard InChI is InChI=1S/C27H30FN5O/c28-21-3-5-22(6-4-21)34-18-19-2-1-13-33(17-19)32-14-9-20(10-15-32)23-7-11-29-25-16-31-27-24(26(23)25)8-12-30-27/h3-8,11-12,16,19-20H,1-2,9-10,13-15,17-18H2,(H,30,31). The number of ether oxygens (including phenoxy) is 1. The van der Waals surface area contributed by atoms with E-state index in [9.17, 15) is 4.39 Å². The van der Waals surface area contributed by atoms with E-state index in [0.29, 0.717) is 18.4 Å². The van der Waals surface area contributed by atoms with Crippen LogP contribution in [0.3, 0.4) is 0 Å². The largest absolute Gasteiger partial charge is 0.493 e. The molecule has 176 valence electrons. The van der Waals surface area contributed by atoms with Gasteiger partial charge in [-0.2, -0.15) is 0 Å². The van der Waals surface area contributed by atoms with Gasteiger partial charge >= 0.3 is 0 Å². The fraction of sp³-hybridized carbons (Fsp3) is 0.407. The van der Waals surface area contributed by atoms with Crippen LogP contribution in [-0.4, -0.2) is 57.8 Å². The lowest BCUT2D eigenvalue weighted by Crippen LogP contribution is -2.51. The molecule has 2 aliphatic heterocycles. The van der Waals surface area contributed by atoms with Crippen LogP contribution < -0.4 is 4.74 Å². The van der Waals surface area contributed by atoms with Gasteiger partial charge in [-0.05, 0) is 73.6 Å². The van der Waals surface area contributed by atoms with Crippen molar-refractivity contribution in [2.24, 2.45) is 5.92 Å². The van der Waals surface area contributed by atoms with Crippen molar-refractivity contribution in [3.05, 3.63) is 66.4 Å². The van der Waals surface area contributed by atoms with E-state index in [0.717, 1.165) is 55.9 Å². The van der Waals surface area contributed by atoms with Gasteiger partial charge in [0.15, 0.2) is 0 Å². The van der Waals surface area contributed by atoms with E-state index in [1.165, 1.54) is 41.3 Å². The van der Waals surface area contributed by atoms with Crippen LogP contribution in [0.1, 0.15) is 37.2 Å². The second kappa shape index (κ2) is 9.31. The quantitative estimate of drug-likeness (QED) is 0.448. The molecule has 0 spiro atoms. The number of hydrazine groups is 1. The molecule has 0 aliphatic carbocycles. The van der Waals surface area contributed by atoms with E-state index in [4.69, 9.17) is 4.74 Å². The van der Waals surface area contributed by atoms with Crippen LogP contribution >= 0.6 is 0 Å². The Morgan fingerprint density at radius 2 is 1.82 bits per heavy atom. The number of pyridine rings is 2. The third-order valence-corrected chi connectivity index (χ3v) is 7.43. The number of nitrogens with one attached hydrogen (secondary N) is 1. The maximum atomic E-state index is 13.1. The number of rotatable bonds is 5. The third-order valence-electron chi connectivity index (χ3n) is 7.43. The molecule has 0 bridgehead atoms. The van der Waals surface area contributed by atoms with Gasteiger partial charge in [-0.3, -0.25) is 4.98 Å². The van der Waals surface area contributed by atoms with Crippen LogP contribution in [0.15, 0.2) is 55.0 Å². The maximum Gasteiger partial charge on any atom is 0.137 e. The minimum Gasteiger partial charge on any atom is -0.493 e. The number of hydrogen-bond acceptors (Lipinski definition) is 5. The number of hydrogen-bond donors (Lipinski definition) is 1. The minimum absolute atomic E-state index is 0.228. The lowest BCUT2D eigenvalue weighted by Gasteiger charge is -2.43. The Labute approximate surface area is 198 Å². The van der Waals surface area contributed by atoms with Crippen LogP contribution in [0.5, 0.6) is 5.75 Å². The van der Waals surface area contributed by atoms with Crippen molar-refractivity contribution in [3.8, 4) is 5.75 Å². The molecular weight excluding hydrogens is 429 g/mol. The first-order valence-electron chi connectivity index (χ1n) is 12.3. The molecular formula is C27H30FN5O. The summed E-state index contributed by atoms with van der Waals surface area (Å²) in [4.78, 5) is 12.3. The normalized spacial score (nSPS) is 20.8. The first-order valence-corrected chi connectivity index (χ1v) is 12.3. The van der Waals surface area contributed by atoms with E-state index < -0.39 is 0 Å².